The van der Waals surface area contributed by atoms with Crippen molar-refractivity contribution in [2.45, 2.75) is 6.92 Å². The molecule has 1 rings (SSSR count). The van der Waals surface area contributed by atoms with Crippen molar-refractivity contribution in [3.05, 3.63) is 5.38 Å². The molecule has 1 aromatic rings. The van der Waals surface area contributed by atoms with E-state index in [1.54, 1.807) is 5.38 Å². The van der Waals surface area contributed by atoms with Crippen LogP contribution in [0.4, 0.5) is 5.13 Å². The number of nitrogens with zero attached hydrogens (tertiary/aromatic N) is 1. The highest BCUT2D eigenvalue weighted by Crippen LogP contribution is 2.17. The molecule has 1 heterocycles. The molecule has 0 aliphatic rings. The quantitative estimate of drug-likeness (QED) is 0.680. The van der Waals surface area contributed by atoms with Crippen LogP contribution in [0.2, 0.25) is 0 Å². The second-order valence-corrected chi connectivity index (χ2v) is 2.51. The van der Waals surface area contributed by atoms with Gasteiger partial charge in [0.1, 0.15) is 0 Å². The molecule has 0 aromatic carbocycles. The molecule has 62 valence electrons. The summed E-state index contributed by atoms with van der Waals surface area (Å²) in [6.07, 6.45) is 0. The lowest BCUT2D eigenvalue weighted by atomic mass is 10.8. The maximum Gasteiger partial charge on any atom is 0.309 e. The third-order valence-electron chi connectivity index (χ3n) is 0.749. The zero-order valence-corrected chi connectivity index (χ0v) is 7.37. The number of aromatic nitrogens is 1. The number of carbonyl (C=O) groups excluding carboxylic acids is 1. The average molecular weight is 195 g/mol. The first-order valence-corrected chi connectivity index (χ1v) is 3.46. The van der Waals surface area contributed by atoms with Crippen LogP contribution >= 0.6 is 23.7 Å². The van der Waals surface area contributed by atoms with E-state index in [0.717, 1.165) is 0 Å². The molecule has 11 heavy (non-hydrogen) atoms. The fourth-order valence-electron chi connectivity index (χ4n) is 0.466. The van der Waals surface area contributed by atoms with Crippen LogP contribution in [0.25, 0.3) is 0 Å². The van der Waals surface area contributed by atoms with E-state index in [9.17, 15) is 4.79 Å². The summed E-state index contributed by atoms with van der Waals surface area (Å²) in [5.74, 6) is -0.111. The van der Waals surface area contributed by atoms with Crippen molar-refractivity contribution in [2.24, 2.45) is 0 Å². The number of nitrogens with two attached hydrogens (primary N) is 1. The van der Waals surface area contributed by atoms with Crippen LogP contribution in [-0.2, 0) is 4.79 Å². The SMILES string of the molecule is CC(=O)Oc1csc(N)n1.Cl. The molecule has 0 bridgehead atoms. The van der Waals surface area contributed by atoms with E-state index >= 15 is 0 Å². The minimum absolute atomic E-state index is 0. The Bertz CT molecular complexity index is 250. The summed E-state index contributed by atoms with van der Waals surface area (Å²) >= 11 is 1.24. The summed E-state index contributed by atoms with van der Waals surface area (Å²) in [6.45, 7) is 1.32. The minimum Gasteiger partial charge on any atom is -0.407 e. The van der Waals surface area contributed by atoms with Gasteiger partial charge in [0.15, 0.2) is 5.13 Å². The number of hydrogen-bond acceptors (Lipinski definition) is 5. The number of rotatable bonds is 1. The molecule has 0 aliphatic carbocycles. The molecular formula is C5H7ClN2O2S. The maximum atomic E-state index is 10.3. The van der Waals surface area contributed by atoms with Gasteiger partial charge in [-0.3, -0.25) is 4.79 Å². The van der Waals surface area contributed by atoms with Gasteiger partial charge in [-0.25, -0.2) is 0 Å². The second kappa shape index (κ2) is 4.15. The Morgan fingerprint density at radius 2 is 2.45 bits per heavy atom. The van der Waals surface area contributed by atoms with Crippen molar-refractivity contribution in [3.8, 4) is 5.88 Å². The van der Waals surface area contributed by atoms with Gasteiger partial charge in [0.05, 0.1) is 5.38 Å². The highest BCUT2D eigenvalue weighted by Gasteiger charge is 2.00. The smallest absolute Gasteiger partial charge is 0.309 e. The third-order valence-corrected chi connectivity index (χ3v) is 1.40. The lowest BCUT2D eigenvalue weighted by Gasteiger charge is -1.91. The number of esters is 1. The van der Waals surface area contributed by atoms with Gasteiger partial charge in [-0.05, 0) is 0 Å². The average Bonchev–Trinajstić information content (AvgIpc) is 2.13. The van der Waals surface area contributed by atoms with Crippen LogP contribution in [0.3, 0.4) is 0 Å². The second-order valence-electron chi connectivity index (χ2n) is 1.62. The van der Waals surface area contributed by atoms with Gasteiger partial charge in [0.2, 0.25) is 5.88 Å². The molecule has 6 heteroatoms. The highest BCUT2D eigenvalue weighted by molar-refractivity contribution is 7.13. The molecular weight excluding hydrogens is 188 g/mol. The predicted molar refractivity (Wildman–Crippen MR) is 45.1 cm³/mol. The fourth-order valence-corrected chi connectivity index (χ4v) is 0.931. The zero-order valence-electron chi connectivity index (χ0n) is 5.73. The molecule has 0 radical (unpaired) electrons. The van der Waals surface area contributed by atoms with Crippen molar-refractivity contribution in [1.29, 1.82) is 0 Å². The van der Waals surface area contributed by atoms with Crippen molar-refractivity contribution in [2.75, 3.05) is 5.73 Å². The largest absolute Gasteiger partial charge is 0.407 e. The lowest BCUT2D eigenvalue weighted by molar-refractivity contribution is -0.132. The number of anilines is 1. The third kappa shape index (κ3) is 3.20. The van der Waals surface area contributed by atoms with E-state index in [1.807, 2.05) is 0 Å². The molecule has 0 saturated heterocycles. The molecule has 0 atom stereocenters. The summed E-state index contributed by atoms with van der Waals surface area (Å²) < 4.78 is 4.62. The van der Waals surface area contributed by atoms with E-state index in [-0.39, 0.29) is 24.3 Å². The van der Waals surface area contributed by atoms with Gasteiger partial charge >= 0.3 is 5.97 Å². The minimum atomic E-state index is -0.384. The van der Waals surface area contributed by atoms with Crippen molar-refractivity contribution in [3.63, 3.8) is 0 Å². The molecule has 0 saturated carbocycles. The maximum absolute atomic E-state index is 10.3. The summed E-state index contributed by atoms with van der Waals surface area (Å²) in [7, 11) is 0. The van der Waals surface area contributed by atoms with Crippen molar-refractivity contribution >= 4 is 34.8 Å². The topological polar surface area (TPSA) is 65.2 Å². The number of nitrogen functional groups attached to an aromatic ring is 1. The fraction of sp³-hybridized carbons (Fsp3) is 0.200. The molecule has 0 fully saturated rings. The Labute approximate surface area is 73.8 Å². The summed E-state index contributed by atoms with van der Waals surface area (Å²) in [5.41, 5.74) is 5.27. The molecule has 4 nitrogen and oxygen atoms in total. The molecule has 0 unspecified atom stereocenters. The normalized spacial score (nSPS) is 8.45. The molecule has 0 aliphatic heterocycles. The molecule has 0 spiro atoms. The summed E-state index contributed by atoms with van der Waals surface area (Å²) in [5, 5.41) is 1.98. The highest BCUT2D eigenvalue weighted by atomic mass is 35.5. The Morgan fingerprint density at radius 3 is 2.82 bits per heavy atom. The molecule has 2 N–H and O–H groups in total. The Kier molecular flexibility index (Phi) is 3.84. The van der Waals surface area contributed by atoms with Gasteiger partial charge in [0.25, 0.3) is 0 Å². The van der Waals surface area contributed by atoms with E-state index in [2.05, 4.69) is 9.72 Å². The molecule has 1 aromatic heterocycles. The first-order chi connectivity index (χ1) is 4.68. The number of thiazole rings is 1. The van der Waals surface area contributed by atoms with Gasteiger partial charge < -0.3 is 10.5 Å². The van der Waals surface area contributed by atoms with Gasteiger partial charge in [-0.2, -0.15) is 4.98 Å². The standard InChI is InChI=1S/C5H6N2O2S.ClH/c1-3(8)9-4-2-10-5(6)7-4;/h2H,1H3,(H2,6,7);1H. The van der Waals surface area contributed by atoms with Crippen LogP contribution in [0.5, 0.6) is 5.88 Å². The summed E-state index contributed by atoms with van der Waals surface area (Å²) in [4.78, 5) is 14.0. The van der Waals surface area contributed by atoms with Crippen molar-refractivity contribution < 1.29 is 9.53 Å². The van der Waals surface area contributed by atoms with Crippen LogP contribution < -0.4 is 10.5 Å². The predicted octanol–water partition coefficient (Wildman–Crippen LogP) is 1.07. The lowest BCUT2D eigenvalue weighted by Crippen LogP contribution is -2.01. The van der Waals surface area contributed by atoms with Gasteiger partial charge in [-0.15, -0.1) is 23.7 Å². The Morgan fingerprint density at radius 1 is 1.82 bits per heavy atom. The van der Waals surface area contributed by atoms with Crippen LogP contribution in [0.15, 0.2) is 5.38 Å². The van der Waals surface area contributed by atoms with E-state index in [0.29, 0.717) is 5.13 Å². The monoisotopic (exact) mass is 194 g/mol. The number of ether oxygens (including phenoxy) is 1. The van der Waals surface area contributed by atoms with Crippen LogP contribution in [-0.4, -0.2) is 11.0 Å². The molecule has 0 amide bonds. The Balaban J connectivity index is 0.000001000. The van der Waals surface area contributed by atoms with Gasteiger partial charge in [-0.1, -0.05) is 0 Å². The summed E-state index contributed by atoms with van der Waals surface area (Å²) in [6, 6.07) is 0. The van der Waals surface area contributed by atoms with E-state index in [1.165, 1.54) is 18.3 Å². The Hall–Kier alpha value is -0.810. The zero-order chi connectivity index (χ0) is 7.56. The van der Waals surface area contributed by atoms with Crippen LogP contribution in [0, 0.1) is 0 Å². The number of hydrogen-bond donors (Lipinski definition) is 1. The number of halogens is 1. The number of carbonyl (C=O) groups is 1. The van der Waals surface area contributed by atoms with E-state index < -0.39 is 0 Å². The van der Waals surface area contributed by atoms with Gasteiger partial charge in [0, 0.05) is 6.92 Å². The van der Waals surface area contributed by atoms with E-state index in [4.69, 9.17) is 5.73 Å². The first-order valence-electron chi connectivity index (χ1n) is 2.58. The van der Waals surface area contributed by atoms with Crippen LogP contribution in [0.1, 0.15) is 6.92 Å². The first kappa shape index (κ1) is 10.2. The van der Waals surface area contributed by atoms with Crippen molar-refractivity contribution in [1.82, 2.24) is 4.98 Å².